The Bertz CT molecular complexity index is 366. The molecule has 0 aromatic carbocycles. The van der Waals surface area contributed by atoms with E-state index in [1.807, 2.05) is 12.4 Å². The number of hydrogen-bond acceptors (Lipinski definition) is 3. The van der Waals surface area contributed by atoms with Crippen molar-refractivity contribution in [3.05, 3.63) is 18.2 Å². The first kappa shape index (κ1) is 14.5. The highest BCUT2D eigenvalue weighted by Gasteiger charge is 2.17. The Kier molecular flexibility index (Phi) is 5.40. The van der Waals surface area contributed by atoms with Crippen LogP contribution in [0.15, 0.2) is 12.4 Å². The SMILES string of the molecule is CC1CCC(NCCN(C)Cc2nccn2C)CC1. The topological polar surface area (TPSA) is 33.1 Å². The Hall–Kier alpha value is -0.870. The lowest BCUT2D eigenvalue weighted by atomic mass is 9.87. The fourth-order valence-corrected chi connectivity index (χ4v) is 2.79. The van der Waals surface area contributed by atoms with Gasteiger partial charge in [0.05, 0.1) is 6.54 Å². The van der Waals surface area contributed by atoms with E-state index in [0.29, 0.717) is 0 Å². The smallest absolute Gasteiger partial charge is 0.122 e. The molecule has 0 spiro atoms. The van der Waals surface area contributed by atoms with Crippen molar-refractivity contribution < 1.29 is 0 Å². The van der Waals surface area contributed by atoms with Crippen molar-refractivity contribution in [2.45, 2.75) is 45.2 Å². The minimum atomic E-state index is 0.748. The average Bonchev–Trinajstić information content (AvgIpc) is 2.78. The van der Waals surface area contributed by atoms with E-state index in [0.717, 1.165) is 37.4 Å². The quantitative estimate of drug-likeness (QED) is 0.853. The summed E-state index contributed by atoms with van der Waals surface area (Å²) in [6.07, 6.45) is 9.35. The molecule has 4 nitrogen and oxygen atoms in total. The molecule has 1 aromatic heterocycles. The number of nitrogens with one attached hydrogen (secondary N) is 1. The molecule has 1 saturated carbocycles. The van der Waals surface area contributed by atoms with E-state index in [9.17, 15) is 0 Å². The maximum Gasteiger partial charge on any atom is 0.122 e. The normalized spacial score (nSPS) is 24.0. The summed E-state index contributed by atoms with van der Waals surface area (Å²) in [5.74, 6) is 2.07. The van der Waals surface area contributed by atoms with Crippen LogP contribution >= 0.6 is 0 Å². The Balaban J connectivity index is 1.61. The highest BCUT2D eigenvalue weighted by Crippen LogP contribution is 2.23. The number of nitrogens with zero attached hydrogens (tertiary/aromatic N) is 3. The van der Waals surface area contributed by atoms with Gasteiger partial charge in [0.2, 0.25) is 0 Å². The van der Waals surface area contributed by atoms with E-state index in [4.69, 9.17) is 0 Å². The van der Waals surface area contributed by atoms with Gasteiger partial charge in [-0.05, 0) is 38.6 Å². The standard InChI is InChI=1S/C15H28N4/c1-13-4-6-14(7-5-13)16-8-10-18(2)12-15-17-9-11-19(15)3/h9,11,13-14,16H,4-8,10,12H2,1-3H3. The summed E-state index contributed by atoms with van der Waals surface area (Å²) in [7, 11) is 4.22. The highest BCUT2D eigenvalue weighted by atomic mass is 15.2. The summed E-state index contributed by atoms with van der Waals surface area (Å²) in [4.78, 5) is 6.70. The van der Waals surface area contributed by atoms with Crippen molar-refractivity contribution in [3.63, 3.8) is 0 Å². The van der Waals surface area contributed by atoms with Crippen molar-refractivity contribution in [1.29, 1.82) is 0 Å². The predicted molar refractivity (Wildman–Crippen MR) is 79.0 cm³/mol. The fraction of sp³-hybridized carbons (Fsp3) is 0.800. The second-order valence-corrected chi connectivity index (χ2v) is 6.10. The van der Waals surface area contributed by atoms with Crippen LogP contribution in [0, 0.1) is 5.92 Å². The molecule has 0 aliphatic heterocycles. The summed E-state index contributed by atoms with van der Waals surface area (Å²) < 4.78 is 2.09. The summed E-state index contributed by atoms with van der Waals surface area (Å²) in [6.45, 7) is 5.46. The van der Waals surface area contributed by atoms with E-state index in [1.54, 1.807) is 0 Å². The van der Waals surface area contributed by atoms with Crippen LogP contribution in [0.3, 0.4) is 0 Å². The number of rotatable bonds is 6. The first-order valence-electron chi connectivity index (χ1n) is 7.53. The fourth-order valence-electron chi connectivity index (χ4n) is 2.79. The molecule has 4 heteroatoms. The Labute approximate surface area is 117 Å². The molecule has 0 amide bonds. The molecule has 1 aliphatic carbocycles. The molecule has 0 atom stereocenters. The van der Waals surface area contributed by atoms with Crippen LogP contribution in [0.5, 0.6) is 0 Å². The van der Waals surface area contributed by atoms with Gasteiger partial charge in [0.1, 0.15) is 5.82 Å². The van der Waals surface area contributed by atoms with E-state index >= 15 is 0 Å². The lowest BCUT2D eigenvalue weighted by molar-refractivity contribution is 0.274. The van der Waals surface area contributed by atoms with Crippen LogP contribution in [0.2, 0.25) is 0 Å². The third-order valence-corrected chi connectivity index (χ3v) is 4.27. The maximum atomic E-state index is 4.36. The number of imidazole rings is 1. The second kappa shape index (κ2) is 7.06. The zero-order valence-corrected chi connectivity index (χ0v) is 12.6. The van der Waals surface area contributed by atoms with E-state index < -0.39 is 0 Å². The molecule has 1 fully saturated rings. The van der Waals surface area contributed by atoms with Crippen LogP contribution < -0.4 is 5.32 Å². The van der Waals surface area contributed by atoms with Gasteiger partial charge in [-0.1, -0.05) is 6.92 Å². The molecule has 19 heavy (non-hydrogen) atoms. The lowest BCUT2D eigenvalue weighted by Gasteiger charge is -2.27. The van der Waals surface area contributed by atoms with Gasteiger partial charge in [0.15, 0.2) is 0 Å². The highest BCUT2D eigenvalue weighted by molar-refractivity contribution is 4.90. The number of hydrogen-bond donors (Lipinski definition) is 1. The zero-order chi connectivity index (χ0) is 13.7. The van der Waals surface area contributed by atoms with Gasteiger partial charge in [-0.3, -0.25) is 4.90 Å². The van der Waals surface area contributed by atoms with Gasteiger partial charge in [0.25, 0.3) is 0 Å². The predicted octanol–water partition coefficient (Wildman–Crippen LogP) is 2.02. The molecule has 1 aliphatic rings. The van der Waals surface area contributed by atoms with Crippen molar-refractivity contribution in [3.8, 4) is 0 Å². The zero-order valence-electron chi connectivity index (χ0n) is 12.6. The first-order valence-corrected chi connectivity index (χ1v) is 7.53. The molecule has 0 unspecified atom stereocenters. The summed E-state index contributed by atoms with van der Waals surface area (Å²) >= 11 is 0. The molecule has 0 radical (unpaired) electrons. The van der Waals surface area contributed by atoms with Gasteiger partial charge in [0, 0.05) is 38.6 Å². The molecule has 1 N–H and O–H groups in total. The van der Waals surface area contributed by atoms with Crippen molar-refractivity contribution in [1.82, 2.24) is 19.8 Å². The minimum absolute atomic E-state index is 0.748. The number of aryl methyl sites for hydroxylation is 1. The summed E-state index contributed by atoms with van der Waals surface area (Å²) in [6, 6.07) is 0.748. The van der Waals surface area contributed by atoms with E-state index in [2.05, 4.69) is 40.8 Å². The molecule has 1 heterocycles. The Morgan fingerprint density at radius 2 is 2.11 bits per heavy atom. The molecule has 2 rings (SSSR count). The van der Waals surface area contributed by atoms with Crippen LogP contribution in [-0.2, 0) is 13.6 Å². The number of aromatic nitrogens is 2. The second-order valence-electron chi connectivity index (χ2n) is 6.10. The largest absolute Gasteiger partial charge is 0.337 e. The number of likely N-dealkylation sites (N-methyl/N-ethyl adjacent to an activating group) is 1. The van der Waals surface area contributed by atoms with Gasteiger partial charge in [-0.25, -0.2) is 4.98 Å². The lowest BCUT2D eigenvalue weighted by Crippen LogP contribution is -2.37. The van der Waals surface area contributed by atoms with E-state index in [1.165, 1.54) is 25.7 Å². The third-order valence-electron chi connectivity index (χ3n) is 4.27. The van der Waals surface area contributed by atoms with Gasteiger partial charge >= 0.3 is 0 Å². The van der Waals surface area contributed by atoms with Crippen molar-refractivity contribution >= 4 is 0 Å². The summed E-state index contributed by atoms with van der Waals surface area (Å²) in [5.41, 5.74) is 0. The molecule has 108 valence electrons. The van der Waals surface area contributed by atoms with E-state index in [-0.39, 0.29) is 0 Å². The average molecular weight is 264 g/mol. The summed E-state index contributed by atoms with van der Waals surface area (Å²) in [5, 5.41) is 3.70. The molecular weight excluding hydrogens is 236 g/mol. The van der Waals surface area contributed by atoms with Crippen molar-refractivity contribution in [2.24, 2.45) is 13.0 Å². The monoisotopic (exact) mass is 264 g/mol. The molecule has 0 saturated heterocycles. The third kappa shape index (κ3) is 4.62. The van der Waals surface area contributed by atoms with Crippen LogP contribution in [0.1, 0.15) is 38.4 Å². The van der Waals surface area contributed by atoms with Crippen LogP contribution in [0.25, 0.3) is 0 Å². The molecule has 1 aromatic rings. The van der Waals surface area contributed by atoms with Crippen LogP contribution in [-0.4, -0.2) is 40.6 Å². The minimum Gasteiger partial charge on any atom is -0.337 e. The Morgan fingerprint density at radius 3 is 2.74 bits per heavy atom. The van der Waals surface area contributed by atoms with Crippen molar-refractivity contribution in [2.75, 3.05) is 20.1 Å². The molecular formula is C15H28N4. The maximum absolute atomic E-state index is 4.36. The first-order chi connectivity index (χ1) is 9.15. The van der Waals surface area contributed by atoms with Gasteiger partial charge in [-0.15, -0.1) is 0 Å². The Morgan fingerprint density at radius 1 is 1.37 bits per heavy atom. The van der Waals surface area contributed by atoms with Crippen LogP contribution in [0.4, 0.5) is 0 Å². The van der Waals surface area contributed by atoms with Gasteiger partial charge < -0.3 is 9.88 Å². The molecule has 0 bridgehead atoms. The van der Waals surface area contributed by atoms with Gasteiger partial charge in [-0.2, -0.15) is 0 Å².